The normalized spacial score (nSPS) is 11.2. The lowest BCUT2D eigenvalue weighted by molar-refractivity contribution is 0.308. The van der Waals surface area contributed by atoms with E-state index < -0.39 is 0 Å². The third-order valence-corrected chi connectivity index (χ3v) is 6.59. The van der Waals surface area contributed by atoms with Crippen LogP contribution in [-0.4, -0.2) is 19.2 Å². The number of aromatic nitrogens is 4. The number of nitrogens with zero attached hydrogens (tertiary/aromatic N) is 4. The first-order chi connectivity index (χ1) is 16.8. The van der Waals surface area contributed by atoms with Crippen molar-refractivity contribution in [1.82, 2.24) is 19.2 Å². The van der Waals surface area contributed by atoms with E-state index in [-0.39, 0.29) is 5.56 Å². The quantitative estimate of drug-likeness (QED) is 0.256. The van der Waals surface area contributed by atoms with E-state index in [1.54, 1.807) is 42.1 Å². The molecule has 6 nitrogen and oxygen atoms in total. The van der Waals surface area contributed by atoms with E-state index in [0.717, 1.165) is 16.9 Å². The highest BCUT2D eigenvalue weighted by Gasteiger charge is 2.18. The lowest BCUT2D eigenvalue weighted by Gasteiger charge is -2.12. The van der Waals surface area contributed by atoms with Crippen molar-refractivity contribution in [3.8, 4) is 22.7 Å². The second kappa shape index (κ2) is 9.38. The number of hydrogen-bond donors (Lipinski definition) is 0. The number of hydrogen-bond acceptors (Lipinski definition) is 4. The van der Waals surface area contributed by atoms with Gasteiger partial charge in [-0.25, -0.2) is 9.67 Å². The Morgan fingerprint density at radius 3 is 2.46 bits per heavy atom. The summed E-state index contributed by atoms with van der Waals surface area (Å²) >= 11 is 18.2. The minimum absolute atomic E-state index is 0.233. The Morgan fingerprint density at radius 2 is 1.71 bits per heavy atom. The fourth-order valence-electron chi connectivity index (χ4n) is 3.87. The molecule has 0 aliphatic heterocycles. The van der Waals surface area contributed by atoms with E-state index in [9.17, 15) is 4.79 Å². The Labute approximate surface area is 216 Å². The minimum atomic E-state index is -0.233. The molecule has 0 spiro atoms. The molecule has 0 fully saturated rings. The van der Waals surface area contributed by atoms with E-state index in [2.05, 4.69) is 5.10 Å². The molecule has 3 aromatic heterocycles. The van der Waals surface area contributed by atoms with Crippen molar-refractivity contribution in [3.05, 3.63) is 109 Å². The van der Waals surface area contributed by atoms with Crippen molar-refractivity contribution in [2.75, 3.05) is 0 Å². The highest BCUT2D eigenvalue weighted by Crippen LogP contribution is 2.27. The van der Waals surface area contributed by atoms with Crippen LogP contribution >= 0.6 is 34.8 Å². The standard InChI is InChI=1S/C26H19Cl3N4O2/c1-15-12-22(31-33(15)19-9-10-20(28)21(29)13-19)24-16(2)30-25-23(4-3-11-32(25)26(24)34)35-14-17-5-7-18(27)8-6-17/h3-13H,14H2,1-2H3. The molecule has 0 unspecified atom stereocenters. The topological polar surface area (TPSA) is 61.4 Å². The van der Waals surface area contributed by atoms with Gasteiger partial charge in [-0.15, -0.1) is 0 Å². The fraction of sp³-hybridized carbons (Fsp3) is 0.115. The zero-order chi connectivity index (χ0) is 24.7. The SMILES string of the molecule is Cc1nc2c(OCc3ccc(Cl)cc3)cccn2c(=O)c1-c1cc(C)n(-c2ccc(Cl)c(Cl)c2)n1. The molecule has 5 aromatic rings. The lowest BCUT2D eigenvalue weighted by Crippen LogP contribution is -2.19. The summed E-state index contributed by atoms with van der Waals surface area (Å²) < 4.78 is 9.19. The first-order valence-corrected chi connectivity index (χ1v) is 11.9. The Kier molecular flexibility index (Phi) is 6.28. The summed E-state index contributed by atoms with van der Waals surface area (Å²) in [6.45, 7) is 4.02. The average molecular weight is 526 g/mol. The largest absolute Gasteiger partial charge is 0.485 e. The van der Waals surface area contributed by atoms with Gasteiger partial charge in [0.2, 0.25) is 0 Å². The first-order valence-electron chi connectivity index (χ1n) is 10.7. The van der Waals surface area contributed by atoms with E-state index in [0.29, 0.717) is 50.0 Å². The van der Waals surface area contributed by atoms with Gasteiger partial charge in [0.25, 0.3) is 5.56 Å². The van der Waals surface area contributed by atoms with Gasteiger partial charge >= 0.3 is 0 Å². The second-order valence-electron chi connectivity index (χ2n) is 8.04. The summed E-state index contributed by atoms with van der Waals surface area (Å²) in [6, 6.07) is 18.1. The molecule has 0 aliphatic rings. The van der Waals surface area contributed by atoms with E-state index in [4.69, 9.17) is 44.5 Å². The monoisotopic (exact) mass is 524 g/mol. The summed E-state index contributed by atoms with van der Waals surface area (Å²) in [5.74, 6) is 0.506. The van der Waals surface area contributed by atoms with Crippen LogP contribution < -0.4 is 10.3 Å². The van der Waals surface area contributed by atoms with Crippen molar-refractivity contribution in [2.24, 2.45) is 0 Å². The number of pyridine rings is 1. The molecule has 5 rings (SSSR count). The lowest BCUT2D eigenvalue weighted by atomic mass is 10.1. The highest BCUT2D eigenvalue weighted by atomic mass is 35.5. The molecule has 0 aliphatic carbocycles. The number of benzene rings is 2. The van der Waals surface area contributed by atoms with Gasteiger partial charge in [0.15, 0.2) is 11.4 Å². The van der Waals surface area contributed by atoms with Crippen LogP contribution in [0, 0.1) is 13.8 Å². The number of halogens is 3. The smallest absolute Gasteiger partial charge is 0.267 e. The zero-order valence-electron chi connectivity index (χ0n) is 18.8. The molecule has 0 saturated heterocycles. The minimum Gasteiger partial charge on any atom is -0.485 e. The van der Waals surface area contributed by atoms with E-state index in [1.807, 2.05) is 43.3 Å². The Bertz CT molecular complexity index is 1630. The summed E-state index contributed by atoms with van der Waals surface area (Å²) in [4.78, 5) is 18.2. The molecule has 35 heavy (non-hydrogen) atoms. The number of aryl methyl sites for hydroxylation is 2. The molecule has 0 amide bonds. The van der Waals surface area contributed by atoms with Gasteiger partial charge in [-0.1, -0.05) is 46.9 Å². The van der Waals surface area contributed by atoms with Crippen molar-refractivity contribution < 1.29 is 4.74 Å². The van der Waals surface area contributed by atoms with Gasteiger partial charge in [0.05, 0.1) is 27.0 Å². The Balaban J connectivity index is 1.54. The van der Waals surface area contributed by atoms with Crippen LogP contribution in [0.2, 0.25) is 15.1 Å². The molecule has 2 aromatic carbocycles. The molecule has 0 atom stereocenters. The summed E-state index contributed by atoms with van der Waals surface area (Å²) in [5.41, 5.74) is 4.22. The second-order valence-corrected chi connectivity index (χ2v) is 9.29. The van der Waals surface area contributed by atoms with Gasteiger partial charge < -0.3 is 4.74 Å². The molecule has 0 radical (unpaired) electrons. The maximum atomic E-state index is 13.5. The third-order valence-electron chi connectivity index (χ3n) is 5.60. The van der Waals surface area contributed by atoms with Gasteiger partial charge in [0, 0.05) is 16.9 Å². The Hall–Kier alpha value is -3.32. The van der Waals surface area contributed by atoms with Gasteiger partial charge in [-0.2, -0.15) is 5.10 Å². The molecule has 0 N–H and O–H groups in total. The van der Waals surface area contributed by atoms with Crippen LogP contribution in [0.1, 0.15) is 17.0 Å². The molecule has 0 saturated carbocycles. The number of ether oxygens (including phenoxy) is 1. The van der Waals surface area contributed by atoms with Crippen molar-refractivity contribution in [2.45, 2.75) is 20.5 Å². The van der Waals surface area contributed by atoms with Crippen LogP contribution in [0.4, 0.5) is 0 Å². The molecular weight excluding hydrogens is 507 g/mol. The van der Waals surface area contributed by atoms with Crippen molar-refractivity contribution in [3.63, 3.8) is 0 Å². The van der Waals surface area contributed by atoms with Gasteiger partial charge in [0.1, 0.15) is 12.3 Å². The van der Waals surface area contributed by atoms with Crippen molar-refractivity contribution >= 4 is 40.4 Å². The predicted molar refractivity (Wildman–Crippen MR) is 139 cm³/mol. The molecule has 176 valence electrons. The molecular formula is C26H19Cl3N4O2. The maximum absolute atomic E-state index is 13.5. The van der Waals surface area contributed by atoms with Crippen LogP contribution in [0.25, 0.3) is 22.6 Å². The van der Waals surface area contributed by atoms with Gasteiger partial charge in [-0.05, 0) is 67.9 Å². The highest BCUT2D eigenvalue weighted by molar-refractivity contribution is 6.42. The fourth-order valence-corrected chi connectivity index (χ4v) is 4.29. The Morgan fingerprint density at radius 1 is 0.943 bits per heavy atom. The van der Waals surface area contributed by atoms with Gasteiger partial charge in [-0.3, -0.25) is 9.20 Å². The van der Waals surface area contributed by atoms with Crippen LogP contribution in [-0.2, 0) is 6.61 Å². The average Bonchev–Trinajstić information content (AvgIpc) is 3.21. The summed E-state index contributed by atoms with van der Waals surface area (Å²) in [7, 11) is 0. The summed E-state index contributed by atoms with van der Waals surface area (Å²) in [6.07, 6.45) is 1.67. The maximum Gasteiger partial charge on any atom is 0.267 e. The summed E-state index contributed by atoms with van der Waals surface area (Å²) in [5, 5.41) is 6.22. The van der Waals surface area contributed by atoms with Crippen LogP contribution in [0.15, 0.2) is 71.7 Å². The van der Waals surface area contributed by atoms with Crippen LogP contribution in [0.5, 0.6) is 5.75 Å². The van der Waals surface area contributed by atoms with Crippen molar-refractivity contribution in [1.29, 1.82) is 0 Å². The molecule has 0 bridgehead atoms. The number of fused-ring (bicyclic) bond motifs is 1. The van der Waals surface area contributed by atoms with Crippen LogP contribution in [0.3, 0.4) is 0 Å². The van der Waals surface area contributed by atoms with E-state index >= 15 is 0 Å². The predicted octanol–water partition coefficient (Wildman–Crippen LogP) is 6.70. The molecule has 9 heteroatoms. The zero-order valence-corrected chi connectivity index (χ0v) is 21.1. The third kappa shape index (κ3) is 4.52. The number of rotatable bonds is 5. The van der Waals surface area contributed by atoms with E-state index in [1.165, 1.54) is 4.40 Å². The first kappa shape index (κ1) is 23.4. The molecule has 3 heterocycles.